The first-order valence-corrected chi connectivity index (χ1v) is 10.1. The van der Waals surface area contributed by atoms with Crippen LogP contribution >= 0.6 is 11.6 Å². The molecule has 0 radical (unpaired) electrons. The predicted molar refractivity (Wildman–Crippen MR) is 114 cm³/mol. The van der Waals surface area contributed by atoms with Crippen molar-refractivity contribution >= 4 is 17.6 Å². The Balaban J connectivity index is 1.75. The third-order valence-corrected chi connectivity index (χ3v) is 5.64. The van der Waals surface area contributed by atoms with E-state index in [0.717, 1.165) is 24.2 Å². The lowest BCUT2D eigenvalue weighted by atomic mass is 9.73. The minimum Gasteiger partial charge on any atom is -0.496 e. The number of hydrogen-bond acceptors (Lipinski definition) is 3. The number of nitrogens with one attached hydrogen (secondary N) is 2. The summed E-state index contributed by atoms with van der Waals surface area (Å²) in [6.07, 6.45) is 1.67. The molecule has 1 fully saturated rings. The molecule has 29 heavy (non-hydrogen) atoms. The maximum Gasteiger partial charge on any atom is 0.191 e. The van der Waals surface area contributed by atoms with Gasteiger partial charge < -0.3 is 20.1 Å². The molecule has 1 aliphatic rings. The van der Waals surface area contributed by atoms with Gasteiger partial charge in [-0.25, -0.2) is 4.39 Å². The van der Waals surface area contributed by atoms with Crippen LogP contribution in [0.2, 0.25) is 5.02 Å². The highest BCUT2D eigenvalue weighted by Gasteiger charge is 2.37. The Bertz CT molecular complexity index is 854. The molecule has 1 aliphatic heterocycles. The monoisotopic (exact) mass is 419 g/mol. The third kappa shape index (κ3) is 5.19. The molecule has 156 valence electrons. The molecule has 1 saturated heterocycles. The summed E-state index contributed by atoms with van der Waals surface area (Å²) in [4.78, 5) is 4.29. The van der Waals surface area contributed by atoms with Crippen LogP contribution in [0.25, 0.3) is 0 Å². The van der Waals surface area contributed by atoms with E-state index >= 15 is 0 Å². The van der Waals surface area contributed by atoms with E-state index in [0.29, 0.717) is 42.8 Å². The summed E-state index contributed by atoms with van der Waals surface area (Å²) < 4.78 is 25.1. The summed E-state index contributed by atoms with van der Waals surface area (Å²) in [5.41, 5.74) is 1.45. The lowest BCUT2D eigenvalue weighted by molar-refractivity contribution is 0.0505. The van der Waals surface area contributed by atoms with Crippen LogP contribution in [0.4, 0.5) is 4.39 Å². The summed E-state index contributed by atoms with van der Waals surface area (Å²) in [6, 6.07) is 12.4. The summed E-state index contributed by atoms with van der Waals surface area (Å²) in [5.74, 6) is 1.19. The minimum atomic E-state index is -0.236. The van der Waals surface area contributed by atoms with Crippen molar-refractivity contribution in [1.29, 1.82) is 0 Å². The Morgan fingerprint density at radius 2 is 1.97 bits per heavy atom. The maximum absolute atomic E-state index is 13.9. The van der Waals surface area contributed by atoms with E-state index in [1.807, 2.05) is 24.3 Å². The van der Waals surface area contributed by atoms with E-state index in [-0.39, 0.29) is 11.2 Å². The van der Waals surface area contributed by atoms with Gasteiger partial charge in [-0.2, -0.15) is 0 Å². The van der Waals surface area contributed by atoms with Crippen LogP contribution in [-0.2, 0) is 16.7 Å². The number of nitrogens with zero attached hydrogens (tertiary/aromatic N) is 1. The van der Waals surface area contributed by atoms with E-state index in [9.17, 15) is 4.39 Å². The fourth-order valence-corrected chi connectivity index (χ4v) is 3.86. The zero-order valence-electron chi connectivity index (χ0n) is 16.8. The first-order valence-electron chi connectivity index (χ1n) is 9.68. The quantitative estimate of drug-likeness (QED) is 0.550. The van der Waals surface area contributed by atoms with Crippen LogP contribution in [0.1, 0.15) is 24.0 Å². The summed E-state index contributed by atoms with van der Waals surface area (Å²) in [7, 11) is 3.37. The van der Waals surface area contributed by atoms with Gasteiger partial charge in [0.15, 0.2) is 5.96 Å². The lowest BCUT2D eigenvalue weighted by Crippen LogP contribution is -2.48. The second-order valence-electron chi connectivity index (χ2n) is 7.11. The lowest BCUT2D eigenvalue weighted by Gasteiger charge is -2.39. The Labute approximate surface area is 176 Å². The number of benzene rings is 2. The van der Waals surface area contributed by atoms with Gasteiger partial charge in [0.2, 0.25) is 0 Å². The first-order chi connectivity index (χ1) is 14.1. The Morgan fingerprint density at radius 3 is 2.66 bits per heavy atom. The zero-order chi connectivity index (χ0) is 20.7. The van der Waals surface area contributed by atoms with Crippen molar-refractivity contribution < 1.29 is 13.9 Å². The van der Waals surface area contributed by atoms with Gasteiger partial charge in [0, 0.05) is 54.9 Å². The Kier molecular flexibility index (Phi) is 7.34. The highest BCUT2D eigenvalue weighted by atomic mass is 35.5. The molecule has 0 amide bonds. The zero-order valence-corrected chi connectivity index (χ0v) is 17.6. The highest BCUT2D eigenvalue weighted by Crippen LogP contribution is 2.40. The van der Waals surface area contributed by atoms with Crippen LogP contribution in [0.5, 0.6) is 5.75 Å². The van der Waals surface area contributed by atoms with E-state index in [2.05, 4.69) is 15.6 Å². The second kappa shape index (κ2) is 9.94. The highest BCUT2D eigenvalue weighted by molar-refractivity contribution is 6.30. The van der Waals surface area contributed by atoms with Crippen LogP contribution < -0.4 is 15.4 Å². The smallest absolute Gasteiger partial charge is 0.191 e. The third-order valence-electron chi connectivity index (χ3n) is 5.40. The molecule has 0 aliphatic carbocycles. The largest absolute Gasteiger partial charge is 0.496 e. The predicted octanol–water partition coefficient (Wildman–Crippen LogP) is 3.90. The maximum atomic E-state index is 13.9. The summed E-state index contributed by atoms with van der Waals surface area (Å²) in [5, 5.41) is 7.26. The Morgan fingerprint density at radius 1 is 1.21 bits per heavy atom. The molecule has 1 heterocycles. The van der Waals surface area contributed by atoms with Gasteiger partial charge in [0.05, 0.1) is 7.11 Å². The fourth-order valence-electron chi connectivity index (χ4n) is 3.69. The van der Waals surface area contributed by atoms with Crippen LogP contribution in [-0.4, -0.2) is 39.9 Å². The van der Waals surface area contributed by atoms with E-state index in [1.54, 1.807) is 26.3 Å². The number of methoxy groups -OCH3 is 1. The molecule has 0 aromatic heterocycles. The first kappa shape index (κ1) is 21.4. The van der Waals surface area contributed by atoms with Crippen molar-refractivity contribution in [1.82, 2.24) is 10.6 Å². The van der Waals surface area contributed by atoms with E-state index in [4.69, 9.17) is 21.1 Å². The molecule has 0 atom stereocenters. The van der Waals surface area contributed by atoms with Crippen molar-refractivity contribution in [2.24, 2.45) is 4.99 Å². The molecule has 5 nitrogen and oxygen atoms in total. The number of ether oxygens (including phenoxy) is 2. The Hall–Kier alpha value is -2.31. The molecule has 2 aromatic rings. The van der Waals surface area contributed by atoms with Crippen LogP contribution in [0, 0.1) is 5.82 Å². The van der Waals surface area contributed by atoms with Gasteiger partial charge in [0.1, 0.15) is 11.6 Å². The fraction of sp³-hybridized carbons (Fsp3) is 0.409. The number of halogens is 2. The van der Waals surface area contributed by atoms with Gasteiger partial charge in [0.25, 0.3) is 0 Å². The van der Waals surface area contributed by atoms with Gasteiger partial charge in [-0.05, 0) is 37.1 Å². The van der Waals surface area contributed by atoms with Crippen molar-refractivity contribution in [2.75, 3.05) is 33.9 Å². The average Bonchev–Trinajstić information content (AvgIpc) is 2.75. The summed E-state index contributed by atoms with van der Waals surface area (Å²) in [6.45, 7) is 2.31. The number of rotatable bonds is 6. The number of aliphatic imine (C=N–C) groups is 1. The van der Waals surface area contributed by atoms with E-state index < -0.39 is 0 Å². The molecule has 2 aromatic carbocycles. The average molecular weight is 420 g/mol. The molecule has 3 rings (SSSR count). The number of hydrogen-bond donors (Lipinski definition) is 2. The van der Waals surface area contributed by atoms with Crippen LogP contribution in [0.15, 0.2) is 47.5 Å². The van der Waals surface area contributed by atoms with Gasteiger partial charge >= 0.3 is 0 Å². The molecule has 0 saturated carbocycles. The van der Waals surface area contributed by atoms with E-state index in [1.165, 1.54) is 6.07 Å². The van der Waals surface area contributed by atoms with Crippen molar-refractivity contribution in [3.8, 4) is 5.75 Å². The normalized spacial score (nSPS) is 16.3. The molecule has 2 N–H and O–H groups in total. The molecular formula is C22H27ClFN3O2. The number of guanidine groups is 1. The summed E-state index contributed by atoms with van der Waals surface area (Å²) >= 11 is 6.30. The van der Waals surface area contributed by atoms with Crippen LogP contribution in [0.3, 0.4) is 0 Å². The van der Waals surface area contributed by atoms with Gasteiger partial charge in [-0.1, -0.05) is 29.8 Å². The SMILES string of the molecule is CN=C(NCc1ccccc1F)NCC1(c2cc(Cl)ccc2OC)CCOCC1. The van der Waals surface area contributed by atoms with Crippen molar-refractivity contribution in [3.05, 3.63) is 64.4 Å². The molecule has 0 unspecified atom stereocenters. The molecule has 7 heteroatoms. The second-order valence-corrected chi connectivity index (χ2v) is 7.54. The van der Waals surface area contributed by atoms with Gasteiger partial charge in [-0.3, -0.25) is 4.99 Å². The van der Waals surface area contributed by atoms with Crippen molar-refractivity contribution in [3.63, 3.8) is 0 Å². The molecular weight excluding hydrogens is 393 g/mol. The van der Waals surface area contributed by atoms with Crippen molar-refractivity contribution in [2.45, 2.75) is 24.8 Å². The van der Waals surface area contributed by atoms with Gasteiger partial charge in [-0.15, -0.1) is 0 Å². The molecule has 0 bridgehead atoms. The molecule has 0 spiro atoms. The minimum absolute atomic E-state index is 0.204. The standard InChI is InChI=1S/C22H27ClFN3O2/c1-25-21(26-14-16-5-3-4-6-19(16)24)27-15-22(9-11-29-12-10-22)18-13-17(23)7-8-20(18)28-2/h3-8,13H,9-12,14-15H2,1-2H3,(H2,25,26,27). The topological polar surface area (TPSA) is 54.9 Å².